The predicted molar refractivity (Wildman–Crippen MR) is 70.0 cm³/mol. The van der Waals surface area contributed by atoms with Crippen LogP contribution >= 0.6 is 15.9 Å². The molecule has 0 aliphatic heterocycles. The van der Waals surface area contributed by atoms with Crippen molar-refractivity contribution in [2.24, 2.45) is 0 Å². The molecule has 1 fully saturated rings. The van der Waals surface area contributed by atoms with E-state index >= 15 is 0 Å². The Morgan fingerprint density at radius 2 is 2.24 bits per heavy atom. The van der Waals surface area contributed by atoms with E-state index < -0.39 is 0 Å². The molecule has 4 heteroatoms. The summed E-state index contributed by atoms with van der Waals surface area (Å²) < 4.78 is 1.01. The minimum absolute atomic E-state index is 0.0251. The second-order valence-corrected chi connectivity index (χ2v) is 5.27. The number of carbonyl (C=O) groups excluding carboxylic acids is 1. The molecular formula is C13H16BrNO2. The van der Waals surface area contributed by atoms with Gasteiger partial charge < -0.3 is 10.0 Å². The quantitative estimate of drug-likeness (QED) is 0.927. The van der Waals surface area contributed by atoms with E-state index in [9.17, 15) is 4.79 Å². The van der Waals surface area contributed by atoms with Crippen molar-refractivity contribution in [3.05, 3.63) is 33.8 Å². The smallest absolute Gasteiger partial charge is 0.254 e. The molecule has 0 bridgehead atoms. The van der Waals surface area contributed by atoms with Crippen LogP contribution in [-0.4, -0.2) is 35.1 Å². The second kappa shape index (κ2) is 5.19. The van der Waals surface area contributed by atoms with Gasteiger partial charge in [0.05, 0.1) is 6.61 Å². The number of amides is 1. The van der Waals surface area contributed by atoms with Crippen molar-refractivity contribution in [2.45, 2.75) is 25.8 Å². The predicted octanol–water partition coefficient (Wildman–Crippen LogP) is 2.35. The van der Waals surface area contributed by atoms with E-state index in [-0.39, 0.29) is 12.5 Å². The van der Waals surface area contributed by atoms with Gasteiger partial charge in [-0.15, -0.1) is 0 Å². The van der Waals surface area contributed by atoms with Crippen LogP contribution in [0.2, 0.25) is 0 Å². The van der Waals surface area contributed by atoms with Gasteiger partial charge in [0, 0.05) is 22.6 Å². The van der Waals surface area contributed by atoms with Crippen molar-refractivity contribution >= 4 is 21.8 Å². The number of carbonyl (C=O) groups is 1. The lowest BCUT2D eigenvalue weighted by atomic mass is 10.1. The van der Waals surface area contributed by atoms with Crippen LogP contribution in [0.15, 0.2) is 22.7 Å². The van der Waals surface area contributed by atoms with Crippen LogP contribution in [0.5, 0.6) is 0 Å². The summed E-state index contributed by atoms with van der Waals surface area (Å²) in [5.41, 5.74) is 1.75. The number of benzene rings is 1. The molecule has 1 N–H and O–H groups in total. The van der Waals surface area contributed by atoms with Gasteiger partial charge in [0.15, 0.2) is 0 Å². The largest absolute Gasteiger partial charge is 0.395 e. The van der Waals surface area contributed by atoms with Crippen molar-refractivity contribution in [1.82, 2.24) is 4.90 Å². The number of rotatable bonds is 4. The fourth-order valence-corrected chi connectivity index (χ4v) is 2.13. The Morgan fingerprint density at radius 3 is 2.76 bits per heavy atom. The maximum atomic E-state index is 12.3. The first-order valence-electron chi connectivity index (χ1n) is 5.81. The molecule has 0 unspecified atom stereocenters. The molecule has 0 heterocycles. The van der Waals surface area contributed by atoms with Crippen LogP contribution in [0.1, 0.15) is 28.8 Å². The standard InChI is InChI=1S/C13H16BrNO2/c1-9-8-10(2-5-12(9)14)13(17)15(6-7-16)11-3-4-11/h2,5,8,11,16H,3-4,6-7H2,1H3. The third kappa shape index (κ3) is 2.87. The normalized spacial score (nSPS) is 14.8. The first kappa shape index (κ1) is 12.6. The molecule has 3 nitrogen and oxygen atoms in total. The van der Waals surface area contributed by atoms with Gasteiger partial charge in [-0.25, -0.2) is 0 Å². The first-order valence-corrected chi connectivity index (χ1v) is 6.60. The van der Waals surface area contributed by atoms with Gasteiger partial charge >= 0.3 is 0 Å². The van der Waals surface area contributed by atoms with E-state index in [1.807, 2.05) is 25.1 Å². The van der Waals surface area contributed by atoms with E-state index in [1.54, 1.807) is 4.90 Å². The summed E-state index contributed by atoms with van der Waals surface area (Å²) >= 11 is 3.42. The molecule has 1 aromatic carbocycles. The van der Waals surface area contributed by atoms with Gasteiger partial charge in [-0.1, -0.05) is 15.9 Å². The fraction of sp³-hybridized carbons (Fsp3) is 0.462. The Bertz CT molecular complexity index is 429. The van der Waals surface area contributed by atoms with Crippen molar-refractivity contribution in [3.8, 4) is 0 Å². The third-order valence-corrected chi connectivity index (χ3v) is 3.88. The van der Waals surface area contributed by atoms with Crippen LogP contribution in [0.3, 0.4) is 0 Å². The Balaban J connectivity index is 2.19. The van der Waals surface area contributed by atoms with E-state index in [1.165, 1.54) is 0 Å². The van der Waals surface area contributed by atoms with Crippen molar-refractivity contribution in [1.29, 1.82) is 0 Å². The highest BCUT2D eigenvalue weighted by Gasteiger charge is 2.32. The number of nitrogens with zero attached hydrogens (tertiary/aromatic N) is 1. The maximum absolute atomic E-state index is 12.3. The molecule has 0 spiro atoms. The molecule has 0 saturated heterocycles. The number of hydrogen-bond donors (Lipinski definition) is 1. The molecule has 0 aromatic heterocycles. The van der Waals surface area contributed by atoms with Crippen molar-refractivity contribution in [2.75, 3.05) is 13.2 Å². The zero-order valence-electron chi connectivity index (χ0n) is 9.82. The van der Waals surface area contributed by atoms with Gasteiger partial charge in [-0.2, -0.15) is 0 Å². The summed E-state index contributed by atoms with van der Waals surface area (Å²) in [5, 5.41) is 9.01. The van der Waals surface area contributed by atoms with E-state index in [2.05, 4.69) is 15.9 Å². The van der Waals surface area contributed by atoms with E-state index in [0.29, 0.717) is 18.2 Å². The molecule has 1 amide bonds. The minimum atomic E-state index is 0.0251. The van der Waals surface area contributed by atoms with Crippen LogP contribution in [-0.2, 0) is 0 Å². The Morgan fingerprint density at radius 1 is 1.53 bits per heavy atom. The van der Waals surface area contributed by atoms with E-state index in [0.717, 1.165) is 22.9 Å². The zero-order valence-corrected chi connectivity index (χ0v) is 11.4. The number of aryl methyl sites for hydroxylation is 1. The lowest BCUT2D eigenvalue weighted by molar-refractivity contribution is 0.0707. The topological polar surface area (TPSA) is 40.5 Å². The average Bonchev–Trinajstić information content (AvgIpc) is 3.13. The van der Waals surface area contributed by atoms with Crippen LogP contribution in [0.4, 0.5) is 0 Å². The van der Waals surface area contributed by atoms with Gasteiger partial charge in [-0.3, -0.25) is 4.79 Å². The highest BCUT2D eigenvalue weighted by molar-refractivity contribution is 9.10. The summed E-state index contributed by atoms with van der Waals surface area (Å²) in [7, 11) is 0. The summed E-state index contributed by atoms with van der Waals surface area (Å²) in [4.78, 5) is 14.1. The number of hydrogen-bond acceptors (Lipinski definition) is 2. The highest BCUT2D eigenvalue weighted by Crippen LogP contribution is 2.28. The fourth-order valence-electron chi connectivity index (χ4n) is 1.89. The molecule has 0 atom stereocenters. The van der Waals surface area contributed by atoms with Gasteiger partial charge in [0.1, 0.15) is 0 Å². The molecule has 1 aliphatic carbocycles. The number of aliphatic hydroxyl groups excluding tert-OH is 1. The molecule has 1 aliphatic rings. The summed E-state index contributed by atoms with van der Waals surface area (Å²) in [6.45, 7) is 2.42. The van der Waals surface area contributed by atoms with Crippen molar-refractivity contribution < 1.29 is 9.90 Å². The molecule has 0 radical (unpaired) electrons. The number of aliphatic hydroxyl groups is 1. The molecule has 92 valence electrons. The molecule has 1 aromatic rings. The zero-order chi connectivity index (χ0) is 12.4. The van der Waals surface area contributed by atoms with Gasteiger partial charge in [-0.05, 0) is 43.5 Å². The third-order valence-electron chi connectivity index (χ3n) is 2.99. The number of halogens is 1. The summed E-state index contributed by atoms with van der Waals surface area (Å²) in [6.07, 6.45) is 2.11. The summed E-state index contributed by atoms with van der Waals surface area (Å²) in [5.74, 6) is 0.0251. The Hall–Kier alpha value is -0.870. The van der Waals surface area contributed by atoms with Crippen LogP contribution in [0, 0.1) is 6.92 Å². The summed E-state index contributed by atoms with van der Waals surface area (Å²) in [6, 6.07) is 5.94. The van der Waals surface area contributed by atoms with Gasteiger partial charge in [0.25, 0.3) is 5.91 Å². The Labute approximate surface area is 110 Å². The van der Waals surface area contributed by atoms with Crippen LogP contribution in [0.25, 0.3) is 0 Å². The lowest BCUT2D eigenvalue weighted by Gasteiger charge is -2.21. The van der Waals surface area contributed by atoms with Gasteiger partial charge in [0.2, 0.25) is 0 Å². The van der Waals surface area contributed by atoms with E-state index in [4.69, 9.17) is 5.11 Å². The lowest BCUT2D eigenvalue weighted by Crippen LogP contribution is -2.35. The molecule has 2 rings (SSSR count). The monoisotopic (exact) mass is 297 g/mol. The maximum Gasteiger partial charge on any atom is 0.254 e. The first-order chi connectivity index (χ1) is 8.13. The highest BCUT2D eigenvalue weighted by atomic mass is 79.9. The molecular weight excluding hydrogens is 282 g/mol. The molecule has 1 saturated carbocycles. The average molecular weight is 298 g/mol. The molecule has 17 heavy (non-hydrogen) atoms. The Kier molecular flexibility index (Phi) is 3.84. The minimum Gasteiger partial charge on any atom is -0.395 e. The SMILES string of the molecule is Cc1cc(C(=O)N(CCO)C2CC2)ccc1Br. The van der Waals surface area contributed by atoms with Crippen LogP contribution < -0.4 is 0 Å². The van der Waals surface area contributed by atoms with Crippen molar-refractivity contribution in [3.63, 3.8) is 0 Å². The second-order valence-electron chi connectivity index (χ2n) is 4.42.